The van der Waals surface area contributed by atoms with Crippen LogP contribution in [0.15, 0.2) is 73.1 Å². The van der Waals surface area contributed by atoms with E-state index in [1.165, 1.54) is 16.9 Å². The Balaban J connectivity index is 1.44. The number of nitrogens with zero attached hydrogens (tertiary/aromatic N) is 2. The standard InChI is InChI=1S/C25H20Cl2FN3O3/c1-33-24-10-5-16(11-17(24)15-34-20-8-6-18(26)7-9-20)25(32)30-19-12-29-31(13-19)14-21-22(27)3-2-4-23(21)28/h2-13H,14-15H2,1H3,(H,30,32). The van der Waals surface area contributed by atoms with Gasteiger partial charge < -0.3 is 14.8 Å². The Morgan fingerprint density at radius 1 is 1.12 bits per heavy atom. The number of amides is 1. The Bertz CT molecular complexity index is 1290. The van der Waals surface area contributed by atoms with Crippen molar-refractivity contribution in [3.8, 4) is 11.5 Å². The first-order chi connectivity index (χ1) is 16.4. The lowest BCUT2D eigenvalue weighted by molar-refractivity contribution is 0.102. The van der Waals surface area contributed by atoms with E-state index in [0.29, 0.717) is 43.9 Å². The van der Waals surface area contributed by atoms with Crippen molar-refractivity contribution in [2.24, 2.45) is 0 Å². The highest BCUT2D eigenvalue weighted by Crippen LogP contribution is 2.24. The summed E-state index contributed by atoms with van der Waals surface area (Å²) in [5, 5.41) is 7.90. The molecule has 0 unspecified atom stereocenters. The minimum absolute atomic E-state index is 0.135. The number of hydrogen-bond acceptors (Lipinski definition) is 4. The molecule has 0 saturated heterocycles. The maximum absolute atomic E-state index is 14.0. The normalized spacial score (nSPS) is 10.7. The molecule has 0 saturated carbocycles. The third-order valence-corrected chi connectivity index (χ3v) is 5.63. The molecule has 9 heteroatoms. The highest BCUT2D eigenvalue weighted by molar-refractivity contribution is 6.31. The maximum atomic E-state index is 14.0. The summed E-state index contributed by atoms with van der Waals surface area (Å²) in [6, 6.07) is 16.6. The Hall–Kier alpha value is -3.55. The molecule has 174 valence electrons. The molecule has 34 heavy (non-hydrogen) atoms. The van der Waals surface area contributed by atoms with Crippen LogP contribution in [-0.4, -0.2) is 22.8 Å². The van der Waals surface area contributed by atoms with Crippen molar-refractivity contribution in [1.82, 2.24) is 9.78 Å². The summed E-state index contributed by atoms with van der Waals surface area (Å²) >= 11 is 12.0. The van der Waals surface area contributed by atoms with Crippen LogP contribution < -0.4 is 14.8 Å². The number of anilines is 1. The number of hydrogen-bond donors (Lipinski definition) is 1. The molecule has 6 nitrogen and oxygen atoms in total. The quantitative estimate of drug-likeness (QED) is 0.312. The smallest absolute Gasteiger partial charge is 0.255 e. The first kappa shape index (κ1) is 23.6. The van der Waals surface area contributed by atoms with E-state index in [4.69, 9.17) is 32.7 Å². The third kappa shape index (κ3) is 5.68. The second-order valence-electron chi connectivity index (χ2n) is 7.35. The molecule has 1 aromatic heterocycles. The van der Waals surface area contributed by atoms with Crippen LogP contribution in [0, 0.1) is 5.82 Å². The van der Waals surface area contributed by atoms with Crippen LogP contribution in [0.25, 0.3) is 0 Å². The second kappa shape index (κ2) is 10.6. The predicted molar refractivity (Wildman–Crippen MR) is 129 cm³/mol. The van der Waals surface area contributed by atoms with E-state index in [9.17, 15) is 9.18 Å². The fourth-order valence-electron chi connectivity index (χ4n) is 3.29. The van der Waals surface area contributed by atoms with Gasteiger partial charge in [-0.1, -0.05) is 29.3 Å². The summed E-state index contributed by atoms with van der Waals surface area (Å²) in [7, 11) is 1.55. The zero-order chi connectivity index (χ0) is 24.1. The van der Waals surface area contributed by atoms with Crippen LogP contribution in [0.1, 0.15) is 21.5 Å². The van der Waals surface area contributed by atoms with Crippen LogP contribution in [0.3, 0.4) is 0 Å². The summed E-state index contributed by atoms with van der Waals surface area (Å²) in [6.07, 6.45) is 3.09. The van der Waals surface area contributed by atoms with Gasteiger partial charge >= 0.3 is 0 Å². The summed E-state index contributed by atoms with van der Waals surface area (Å²) in [4.78, 5) is 12.8. The van der Waals surface area contributed by atoms with Crippen LogP contribution in [-0.2, 0) is 13.2 Å². The van der Waals surface area contributed by atoms with Crippen molar-refractivity contribution in [3.05, 3.63) is 106 Å². The largest absolute Gasteiger partial charge is 0.496 e. The lowest BCUT2D eigenvalue weighted by Gasteiger charge is -2.12. The monoisotopic (exact) mass is 499 g/mol. The Labute approximate surface area is 205 Å². The number of methoxy groups -OCH3 is 1. The average molecular weight is 500 g/mol. The molecule has 1 N–H and O–H groups in total. The van der Waals surface area contributed by atoms with Crippen molar-refractivity contribution in [3.63, 3.8) is 0 Å². The summed E-state index contributed by atoms with van der Waals surface area (Å²) in [5.41, 5.74) is 1.91. The molecule has 4 rings (SSSR count). The molecule has 3 aromatic carbocycles. The summed E-state index contributed by atoms with van der Waals surface area (Å²) in [5.74, 6) is 0.489. The van der Waals surface area contributed by atoms with Gasteiger partial charge in [-0.05, 0) is 54.6 Å². The lowest BCUT2D eigenvalue weighted by Crippen LogP contribution is -2.12. The van der Waals surface area contributed by atoms with Crippen molar-refractivity contribution >= 4 is 34.8 Å². The number of benzene rings is 3. The Morgan fingerprint density at radius 2 is 1.91 bits per heavy atom. The molecule has 0 bridgehead atoms. The minimum atomic E-state index is -0.417. The van der Waals surface area contributed by atoms with Crippen LogP contribution in [0.2, 0.25) is 10.0 Å². The number of rotatable bonds is 8. The van der Waals surface area contributed by atoms with Gasteiger partial charge in [0.25, 0.3) is 5.91 Å². The van der Waals surface area contributed by atoms with E-state index in [2.05, 4.69) is 10.4 Å². The van der Waals surface area contributed by atoms with Gasteiger partial charge in [0.15, 0.2) is 0 Å². The van der Waals surface area contributed by atoms with Gasteiger partial charge in [0.05, 0.1) is 25.5 Å². The number of halogens is 3. The summed E-state index contributed by atoms with van der Waals surface area (Å²) < 4.78 is 26.7. The van der Waals surface area contributed by atoms with Crippen molar-refractivity contribution < 1.29 is 18.7 Å². The van der Waals surface area contributed by atoms with E-state index in [1.807, 2.05) is 0 Å². The van der Waals surface area contributed by atoms with E-state index in [0.717, 1.165) is 0 Å². The molecule has 0 aliphatic heterocycles. The average Bonchev–Trinajstić information content (AvgIpc) is 3.27. The van der Waals surface area contributed by atoms with Crippen molar-refractivity contribution in [1.29, 1.82) is 0 Å². The van der Waals surface area contributed by atoms with Gasteiger partial charge in [-0.15, -0.1) is 0 Å². The fourth-order valence-corrected chi connectivity index (χ4v) is 3.64. The van der Waals surface area contributed by atoms with Gasteiger partial charge in [0.1, 0.15) is 23.9 Å². The third-order valence-electron chi connectivity index (χ3n) is 5.02. The van der Waals surface area contributed by atoms with Crippen molar-refractivity contribution in [2.75, 3.05) is 12.4 Å². The number of carbonyl (C=O) groups excluding carboxylic acids is 1. The topological polar surface area (TPSA) is 65.4 Å². The first-order valence-electron chi connectivity index (χ1n) is 10.2. The highest BCUT2D eigenvalue weighted by Gasteiger charge is 2.13. The van der Waals surface area contributed by atoms with Crippen LogP contribution in [0.5, 0.6) is 11.5 Å². The Kier molecular flexibility index (Phi) is 7.35. The number of carbonyl (C=O) groups is 1. The fraction of sp³-hybridized carbons (Fsp3) is 0.120. The van der Waals surface area contributed by atoms with Crippen LogP contribution >= 0.6 is 23.2 Å². The molecule has 1 heterocycles. The zero-order valence-corrected chi connectivity index (χ0v) is 19.6. The first-order valence-corrected chi connectivity index (χ1v) is 11.0. The molecule has 4 aromatic rings. The number of nitrogens with one attached hydrogen (secondary N) is 1. The van der Waals surface area contributed by atoms with E-state index in [1.54, 1.807) is 67.9 Å². The predicted octanol–water partition coefficient (Wildman–Crippen LogP) is 6.22. The van der Waals surface area contributed by atoms with E-state index >= 15 is 0 Å². The molecular formula is C25H20Cl2FN3O3. The molecular weight excluding hydrogens is 480 g/mol. The van der Waals surface area contributed by atoms with Crippen molar-refractivity contribution in [2.45, 2.75) is 13.2 Å². The second-order valence-corrected chi connectivity index (χ2v) is 8.19. The lowest BCUT2D eigenvalue weighted by atomic mass is 10.1. The summed E-state index contributed by atoms with van der Waals surface area (Å²) in [6.45, 7) is 0.337. The molecule has 0 atom stereocenters. The van der Waals surface area contributed by atoms with Gasteiger partial charge in [-0.3, -0.25) is 9.48 Å². The molecule has 0 radical (unpaired) electrons. The van der Waals surface area contributed by atoms with E-state index in [-0.39, 0.29) is 19.1 Å². The molecule has 0 fully saturated rings. The molecule has 0 spiro atoms. The van der Waals surface area contributed by atoms with Gasteiger partial charge in [0, 0.05) is 32.9 Å². The number of ether oxygens (including phenoxy) is 2. The SMILES string of the molecule is COc1ccc(C(=O)Nc2cnn(Cc3c(F)cccc3Cl)c2)cc1COc1ccc(Cl)cc1. The van der Waals surface area contributed by atoms with Crippen LogP contribution in [0.4, 0.5) is 10.1 Å². The Morgan fingerprint density at radius 3 is 2.65 bits per heavy atom. The molecule has 0 aliphatic carbocycles. The number of aromatic nitrogens is 2. The molecule has 1 amide bonds. The molecule has 0 aliphatic rings. The van der Waals surface area contributed by atoms with Gasteiger partial charge in [-0.2, -0.15) is 5.10 Å². The van der Waals surface area contributed by atoms with Gasteiger partial charge in [0.2, 0.25) is 0 Å². The highest BCUT2D eigenvalue weighted by atomic mass is 35.5. The minimum Gasteiger partial charge on any atom is -0.496 e. The zero-order valence-electron chi connectivity index (χ0n) is 18.1. The maximum Gasteiger partial charge on any atom is 0.255 e. The van der Waals surface area contributed by atoms with Gasteiger partial charge in [-0.25, -0.2) is 4.39 Å². The van der Waals surface area contributed by atoms with E-state index < -0.39 is 5.82 Å².